The second-order valence-electron chi connectivity index (χ2n) is 7.15. The summed E-state index contributed by atoms with van der Waals surface area (Å²) in [4.78, 5) is 15.6. The van der Waals surface area contributed by atoms with Crippen LogP contribution in [0.4, 0.5) is 0 Å². The molecule has 1 aliphatic heterocycles. The van der Waals surface area contributed by atoms with Gasteiger partial charge in [-0.15, -0.1) is 0 Å². The number of carbonyl (C=O) groups excluding carboxylic acids is 1. The number of benzene rings is 2. The average Bonchev–Trinajstić information content (AvgIpc) is 3.13. The molecule has 2 aromatic rings. The van der Waals surface area contributed by atoms with Crippen molar-refractivity contribution >= 4 is 11.9 Å². The Bertz CT molecular complexity index is 827. The molecule has 0 unspecified atom stereocenters. The number of Topliss-reactive ketones (excluding diaryl/α,β-unsaturated/α-hetero) is 1. The van der Waals surface area contributed by atoms with E-state index in [9.17, 15) is 4.79 Å². The minimum Gasteiger partial charge on any atom is -0.371 e. The van der Waals surface area contributed by atoms with E-state index in [1.54, 1.807) is 0 Å². The van der Waals surface area contributed by atoms with E-state index in [0.29, 0.717) is 0 Å². The van der Waals surface area contributed by atoms with Crippen LogP contribution in [0.25, 0.3) is 6.08 Å². The molecule has 0 atom stereocenters. The van der Waals surface area contributed by atoms with Crippen molar-refractivity contribution in [1.29, 1.82) is 0 Å². The molecule has 1 heterocycles. The Balaban J connectivity index is 1.75. The first-order valence-corrected chi connectivity index (χ1v) is 9.67. The summed E-state index contributed by atoms with van der Waals surface area (Å²) in [6.45, 7) is 2.13. The minimum atomic E-state index is 0.197. The van der Waals surface area contributed by atoms with E-state index in [1.807, 2.05) is 36.4 Å². The Morgan fingerprint density at radius 3 is 2.15 bits per heavy atom. The Morgan fingerprint density at radius 1 is 0.808 bits per heavy atom. The molecule has 1 fully saturated rings. The molecule has 0 aromatic heterocycles. The third kappa shape index (κ3) is 3.50. The number of carbonyl (C=O) groups is 1. The molecule has 2 aromatic carbocycles. The molecule has 1 aliphatic carbocycles. The Hall–Kier alpha value is -2.61. The summed E-state index contributed by atoms with van der Waals surface area (Å²) in [6, 6.07) is 20.2. The van der Waals surface area contributed by atoms with Crippen molar-refractivity contribution in [1.82, 2.24) is 4.90 Å². The van der Waals surface area contributed by atoms with E-state index in [0.717, 1.165) is 37.1 Å². The molecule has 0 amide bonds. The molecule has 0 N–H and O–H groups in total. The van der Waals surface area contributed by atoms with Gasteiger partial charge in [0.25, 0.3) is 0 Å². The smallest absolute Gasteiger partial charge is 0.191 e. The number of likely N-dealkylation sites (tertiary alicyclic amines) is 1. The maximum absolute atomic E-state index is 13.2. The summed E-state index contributed by atoms with van der Waals surface area (Å²) in [6.07, 6.45) is 7.80. The Morgan fingerprint density at radius 2 is 1.46 bits per heavy atom. The number of piperidine rings is 1. The highest BCUT2D eigenvalue weighted by Crippen LogP contribution is 2.38. The molecule has 132 valence electrons. The largest absolute Gasteiger partial charge is 0.371 e. The Labute approximate surface area is 155 Å². The number of rotatable bonds is 4. The summed E-state index contributed by atoms with van der Waals surface area (Å²) >= 11 is 0. The van der Waals surface area contributed by atoms with Crippen LogP contribution in [0.15, 0.2) is 77.5 Å². The lowest BCUT2D eigenvalue weighted by Crippen LogP contribution is -2.30. The van der Waals surface area contributed by atoms with Crippen molar-refractivity contribution in [3.63, 3.8) is 0 Å². The average molecular weight is 343 g/mol. The molecule has 0 saturated carbocycles. The standard InChI is InChI=1S/C24H25NO/c26-24(20-12-6-2-7-13-20)22-15-14-21(18-19-10-4-1-5-11-19)23(22)25-16-8-3-9-17-25/h1-2,4-7,10-13,18H,3,8-9,14-17H2/b21-18-. The monoisotopic (exact) mass is 343 g/mol. The van der Waals surface area contributed by atoms with Gasteiger partial charge in [-0.3, -0.25) is 4.79 Å². The van der Waals surface area contributed by atoms with Gasteiger partial charge in [0, 0.05) is 29.9 Å². The lowest BCUT2D eigenvalue weighted by molar-refractivity contribution is 0.102. The van der Waals surface area contributed by atoms with Gasteiger partial charge in [0.1, 0.15) is 0 Å². The van der Waals surface area contributed by atoms with Crippen molar-refractivity contribution in [2.45, 2.75) is 32.1 Å². The van der Waals surface area contributed by atoms with Crippen LogP contribution < -0.4 is 0 Å². The molecular formula is C24H25NO. The van der Waals surface area contributed by atoms with Crippen LogP contribution in [0, 0.1) is 0 Å². The van der Waals surface area contributed by atoms with Gasteiger partial charge in [-0.05, 0) is 49.3 Å². The molecule has 0 radical (unpaired) electrons. The maximum atomic E-state index is 13.2. The highest BCUT2D eigenvalue weighted by atomic mass is 16.1. The first kappa shape index (κ1) is 16.8. The van der Waals surface area contributed by atoms with E-state index in [-0.39, 0.29) is 5.78 Å². The third-order valence-electron chi connectivity index (χ3n) is 5.36. The van der Waals surface area contributed by atoms with Crippen molar-refractivity contribution in [3.05, 3.63) is 88.6 Å². The number of nitrogens with zero attached hydrogens (tertiary/aromatic N) is 1. The molecule has 2 heteroatoms. The van der Waals surface area contributed by atoms with E-state index >= 15 is 0 Å². The van der Waals surface area contributed by atoms with Crippen LogP contribution in [0.1, 0.15) is 48.0 Å². The van der Waals surface area contributed by atoms with E-state index in [2.05, 4.69) is 35.2 Å². The first-order valence-electron chi connectivity index (χ1n) is 9.67. The highest BCUT2D eigenvalue weighted by molar-refractivity contribution is 6.10. The van der Waals surface area contributed by atoms with Gasteiger partial charge in [-0.2, -0.15) is 0 Å². The van der Waals surface area contributed by atoms with Crippen LogP contribution in [-0.2, 0) is 0 Å². The second kappa shape index (κ2) is 7.74. The number of ketones is 1. The molecular weight excluding hydrogens is 318 g/mol. The summed E-state index contributed by atoms with van der Waals surface area (Å²) in [7, 11) is 0. The van der Waals surface area contributed by atoms with E-state index in [1.165, 1.54) is 36.1 Å². The van der Waals surface area contributed by atoms with Gasteiger partial charge in [0.15, 0.2) is 5.78 Å². The maximum Gasteiger partial charge on any atom is 0.191 e. The predicted octanol–water partition coefficient (Wildman–Crippen LogP) is 5.49. The molecule has 2 aliphatic rings. The SMILES string of the molecule is O=C(C1=C(N2CCCCC2)/C(=C\c2ccccc2)CC1)c1ccccc1. The lowest BCUT2D eigenvalue weighted by Gasteiger charge is -2.31. The molecule has 0 spiro atoms. The number of allylic oxidation sites excluding steroid dienone is 2. The van der Waals surface area contributed by atoms with Gasteiger partial charge < -0.3 is 4.90 Å². The van der Waals surface area contributed by atoms with E-state index < -0.39 is 0 Å². The van der Waals surface area contributed by atoms with Crippen LogP contribution in [0.5, 0.6) is 0 Å². The first-order chi connectivity index (χ1) is 12.8. The van der Waals surface area contributed by atoms with Crippen molar-refractivity contribution in [2.75, 3.05) is 13.1 Å². The number of hydrogen-bond acceptors (Lipinski definition) is 2. The summed E-state index contributed by atoms with van der Waals surface area (Å²) in [5.41, 5.74) is 5.54. The van der Waals surface area contributed by atoms with Crippen LogP contribution >= 0.6 is 0 Å². The van der Waals surface area contributed by atoms with Crippen LogP contribution in [0.2, 0.25) is 0 Å². The summed E-state index contributed by atoms with van der Waals surface area (Å²) < 4.78 is 0. The lowest BCUT2D eigenvalue weighted by atomic mass is 10.00. The quantitative estimate of drug-likeness (QED) is 0.685. The van der Waals surface area contributed by atoms with Crippen molar-refractivity contribution in [3.8, 4) is 0 Å². The fourth-order valence-corrected chi connectivity index (χ4v) is 4.08. The van der Waals surface area contributed by atoms with Gasteiger partial charge in [0.2, 0.25) is 0 Å². The molecule has 2 nitrogen and oxygen atoms in total. The third-order valence-corrected chi connectivity index (χ3v) is 5.36. The second-order valence-corrected chi connectivity index (χ2v) is 7.15. The minimum absolute atomic E-state index is 0.197. The van der Waals surface area contributed by atoms with Crippen LogP contribution in [-0.4, -0.2) is 23.8 Å². The van der Waals surface area contributed by atoms with Gasteiger partial charge >= 0.3 is 0 Å². The van der Waals surface area contributed by atoms with Crippen LogP contribution in [0.3, 0.4) is 0 Å². The van der Waals surface area contributed by atoms with E-state index in [4.69, 9.17) is 0 Å². The zero-order valence-corrected chi connectivity index (χ0v) is 15.2. The molecule has 1 saturated heterocycles. The van der Waals surface area contributed by atoms with Crippen molar-refractivity contribution in [2.24, 2.45) is 0 Å². The fourth-order valence-electron chi connectivity index (χ4n) is 4.08. The molecule has 4 rings (SSSR count). The number of hydrogen-bond donors (Lipinski definition) is 0. The summed E-state index contributed by atoms with van der Waals surface area (Å²) in [5, 5.41) is 0. The topological polar surface area (TPSA) is 20.3 Å². The normalized spacial score (nSPS) is 19.2. The van der Waals surface area contributed by atoms with Crippen molar-refractivity contribution < 1.29 is 4.79 Å². The zero-order valence-electron chi connectivity index (χ0n) is 15.2. The summed E-state index contributed by atoms with van der Waals surface area (Å²) in [5.74, 6) is 0.197. The zero-order chi connectivity index (χ0) is 17.8. The molecule has 26 heavy (non-hydrogen) atoms. The predicted molar refractivity (Wildman–Crippen MR) is 107 cm³/mol. The fraction of sp³-hybridized carbons (Fsp3) is 0.292. The van der Waals surface area contributed by atoms with Gasteiger partial charge in [0.05, 0.1) is 0 Å². The Kier molecular flexibility index (Phi) is 5.01. The van der Waals surface area contributed by atoms with Gasteiger partial charge in [-0.25, -0.2) is 0 Å². The highest BCUT2D eigenvalue weighted by Gasteiger charge is 2.29. The molecule has 0 bridgehead atoms. The van der Waals surface area contributed by atoms with Gasteiger partial charge in [-0.1, -0.05) is 60.7 Å².